The molecule has 0 fully saturated rings. The third kappa shape index (κ3) is 3.80. The highest BCUT2D eigenvalue weighted by atomic mass is 15.0. The van der Waals surface area contributed by atoms with Gasteiger partial charge in [0.1, 0.15) is 0 Å². The van der Waals surface area contributed by atoms with Crippen LogP contribution in [0.4, 0.5) is 0 Å². The van der Waals surface area contributed by atoms with E-state index < -0.39 is 0 Å². The first-order valence-electron chi connectivity index (χ1n) is 15.0. The molecule has 6 aromatic carbocycles. The van der Waals surface area contributed by atoms with Crippen LogP contribution in [0.25, 0.3) is 77.2 Å². The number of hydrogen-bond donors (Lipinski definition) is 0. The summed E-state index contributed by atoms with van der Waals surface area (Å²) in [6.07, 6.45) is 4.03. The van der Waals surface area contributed by atoms with E-state index in [0.29, 0.717) is 0 Å². The molecule has 0 saturated heterocycles. The number of aromatic nitrogens is 3. The number of hydrogen-bond acceptors (Lipinski definition) is 1. The number of nitrogens with zero attached hydrogens (tertiary/aromatic N) is 3. The van der Waals surface area contributed by atoms with Crippen LogP contribution in [0.15, 0.2) is 164 Å². The van der Waals surface area contributed by atoms with Gasteiger partial charge in [0.15, 0.2) is 0 Å². The van der Waals surface area contributed by atoms with E-state index in [1.54, 1.807) is 0 Å². The topological polar surface area (TPSA) is 22.8 Å². The highest BCUT2D eigenvalue weighted by molar-refractivity contribution is 6.25. The van der Waals surface area contributed by atoms with Crippen molar-refractivity contribution in [3.8, 4) is 33.8 Å². The smallest absolute Gasteiger partial charge is 0.0701 e. The van der Waals surface area contributed by atoms with Crippen LogP contribution in [0.1, 0.15) is 0 Å². The summed E-state index contributed by atoms with van der Waals surface area (Å²) < 4.78 is 4.72. The summed E-state index contributed by atoms with van der Waals surface area (Å²) in [5.41, 5.74) is 10.5. The molecule has 0 bridgehead atoms. The molecular weight excluding hydrogens is 534 g/mol. The second kappa shape index (κ2) is 9.82. The largest absolute Gasteiger partial charge is 0.316 e. The van der Waals surface area contributed by atoms with Gasteiger partial charge in [0.25, 0.3) is 0 Å². The minimum absolute atomic E-state index is 0.985. The lowest BCUT2D eigenvalue weighted by molar-refractivity contribution is 1.13. The SMILES string of the molecule is c1ccc(-n2ccc3ccc4c(ccc5c4c4cc(-c6ccc(-c7ccccn7)cc6)ccc4n5-c4ccccc4)c32)cc1. The predicted octanol–water partition coefficient (Wildman–Crippen LogP) is 10.6. The normalized spacial score (nSPS) is 11.6. The summed E-state index contributed by atoms with van der Waals surface area (Å²) in [6, 6.07) is 54.3. The Morgan fingerprint density at radius 1 is 0.455 bits per heavy atom. The lowest BCUT2D eigenvalue weighted by Gasteiger charge is -2.10. The molecule has 9 rings (SSSR count). The van der Waals surface area contributed by atoms with E-state index in [1.807, 2.05) is 18.3 Å². The van der Waals surface area contributed by atoms with Gasteiger partial charge in [-0.3, -0.25) is 4.98 Å². The molecule has 9 aromatic rings. The number of benzene rings is 6. The van der Waals surface area contributed by atoms with Crippen molar-refractivity contribution in [2.45, 2.75) is 0 Å². The van der Waals surface area contributed by atoms with Gasteiger partial charge in [0.2, 0.25) is 0 Å². The van der Waals surface area contributed by atoms with E-state index >= 15 is 0 Å². The lowest BCUT2D eigenvalue weighted by atomic mass is 9.98. The summed E-state index contributed by atoms with van der Waals surface area (Å²) in [6.45, 7) is 0. The zero-order chi connectivity index (χ0) is 29.0. The monoisotopic (exact) mass is 561 g/mol. The van der Waals surface area contributed by atoms with Gasteiger partial charge < -0.3 is 9.13 Å². The minimum atomic E-state index is 0.985. The zero-order valence-corrected chi connectivity index (χ0v) is 23.9. The highest BCUT2D eigenvalue weighted by Gasteiger charge is 2.18. The summed E-state index contributed by atoms with van der Waals surface area (Å²) >= 11 is 0. The van der Waals surface area contributed by atoms with Crippen LogP contribution in [-0.2, 0) is 0 Å². The molecule has 0 amide bonds. The van der Waals surface area contributed by atoms with Gasteiger partial charge in [0, 0.05) is 50.9 Å². The molecule has 0 atom stereocenters. The summed E-state index contributed by atoms with van der Waals surface area (Å²) in [5.74, 6) is 0. The predicted molar refractivity (Wildman–Crippen MR) is 184 cm³/mol. The van der Waals surface area contributed by atoms with Gasteiger partial charge in [0.05, 0.1) is 22.2 Å². The van der Waals surface area contributed by atoms with Gasteiger partial charge in [-0.1, -0.05) is 91.0 Å². The van der Waals surface area contributed by atoms with E-state index in [0.717, 1.165) is 16.9 Å². The average molecular weight is 562 g/mol. The summed E-state index contributed by atoms with van der Waals surface area (Å²) in [5, 5.41) is 6.27. The van der Waals surface area contributed by atoms with E-state index in [1.165, 1.54) is 60.3 Å². The van der Waals surface area contributed by atoms with Crippen LogP contribution in [0.2, 0.25) is 0 Å². The fourth-order valence-corrected chi connectivity index (χ4v) is 6.76. The van der Waals surface area contributed by atoms with Crippen LogP contribution in [0.5, 0.6) is 0 Å². The first-order valence-corrected chi connectivity index (χ1v) is 15.0. The standard InChI is InChI=1S/C41H27N3/c1-3-9-32(10-4-1)43-26-24-30-18-20-34-35(41(30)43)21-23-39-40(34)36-27-31(19-22-38(36)44(39)33-11-5-2-6-12-33)28-14-16-29(17-15-28)37-13-7-8-25-42-37/h1-27H. The Bertz CT molecular complexity index is 2450. The molecule has 0 aliphatic carbocycles. The van der Waals surface area contributed by atoms with Crippen LogP contribution in [0.3, 0.4) is 0 Å². The van der Waals surface area contributed by atoms with Crippen molar-refractivity contribution in [3.05, 3.63) is 164 Å². The van der Waals surface area contributed by atoms with Crippen LogP contribution >= 0.6 is 0 Å². The molecule has 0 radical (unpaired) electrons. The summed E-state index contributed by atoms with van der Waals surface area (Å²) in [7, 11) is 0. The highest BCUT2D eigenvalue weighted by Crippen LogP contribution is 2.41. The van der Waals surface area contributed by atoms with Crippen molar-refractivity contribution in [2.24, 2.45) is 0 Å². The first-order chi connectivity index (χ1) is 21.8. The molecule has 206 valence electrons. The Morgan fingerprint density at radius 2 is 1.14 bits per heavy atom. The molecule has 0 aliphatic heterocycles. The molecule has 0 spiro atoms. The van der Waals surface area contributed by atoms with Crippen molar-refractivity contribution < 1.29 is 0 Å². The van der Waals surface area contributed by atoms with Crippen molar-refractivity contribution in [2.75, 3.05) is 0 Å². The van der Waals surface area contributed by atoms with E-state index in [2.05, 4.69) is 160 Å². The molecular formula is C41H27N3. The van der Waals surface area contributed by atoms with Crippen molar-refractivity contribution in [1.82, 2.24) is 14.1 Å². The van der Waals surface area contributed by atoms with E-state index in [4.69, 9.17) is 0 Å². The van der Waals surface area contributed by atoms with E-state index in [-0.39, 0.29) is 0 Å². The Labute approximate surface area is 254 Å². The maximum absolute atomic E-state index is 4.53. The zero-order valence-electron chi connectivity index (χ0n) is 23.9. The fourth-order valence-electron chi connectivity index (χ4n) is 6.76. The average Bonchev–Trinajstić information content (AvgIpc) is 3.69. The maximum Gasteiger partial charge on any atom is 0.0701 e. The molecule has 3 heteroatoms. The maximum atomic E-state index is 4.53. The molecule has 44 heavy (non-hydrogen) atoms. The third-order valence-corrected chi connectivity index (χ3v) is 8.80. The van der Waals surface area contributed by atoms with E-state index in [9.17, 15) is 0 Å². The first kappa shape index (κ1) is 24.6. The van der Waals surface area contributed by atoms with Crippen molar-refractivity contribution >= 4 is 43.5 Å². The Morgan fingerprint density at radius 3 is 1.91 bits per heavy atom. The molecule has 0 unspecified atom stereocenters. The van der Waals surface area contributed by atoms with Crippen LogP contribution in [0, 0.1) is 0 Å². The Kier molecular flexibility index (Phi) is 5.50. The molecule has 0 saturated carbocycles. The fraction of sp³-hybridized carbons (Fsp3) is 0. The number of rotatable bonds is 4. The lowest BCUT2D eigenvalue weighted by Crippen LogP contribution is -1.94. The molecule has 3 nitrogen and oxygen atoms in total. The van der Waals surface area contributed by atoms with Gasteiger partial charge >= 0.3 is 0 Å². The number of pyridine rings is 1. The van der Waals surface area contributed by atoms with Gasteiger partial charge in [-0.2, -0.15) is 0 Å². The quantitative estimate of drug-likeness (QED) is 0.210. The molecule has 0 aliphatic rings. The molecule has 0 N–H and O–H groups in total. The molecule has 3 aromatic heterocycles. The second-order valence-corrected chi connectivity index (χ2v) is 11.3. The third-order valence-electron chi connectivity index (χ3n) is 8.80. The van der Waals surface area contributed by atoms with Crippen LogP contribution in [-0.4, -0.2) is 14.1 Å². The number of fused-ring (bicyclic) bond motifs is 7. The minimum Gasteiger partial charge on any atom is -0.316 e. The van der Waals surface area contributed by atoms with Gasteiger partial charge in [-0.05, 0) is 77.2 Å². The Hall–Kier alpha value is -5.93. The van der Waals surface area contributed by atoms with Crippen molar-refractivity contribution in [3.63, 3.8) is 0 Å². The Balaban J connectivity index is 1.32. The molecule has 3 heterocycles. The number of para-hydroxylation sites is 2. The second-order valence-electron chi connectivity index (χ2n) is 11.3. The van der Waals surface area contributed by atoms with Gasteiger partial charge in [-0.15, -0.1) is 0 Å². The van der Waals surface area contributed by atoms with Crippen LogP contribution < -0.4 is 0 Å². The summed E-state index contributed by atoms with van der Waals surface area (Å²) in [4.78, 5) is 4.53. The van der Waals surface area contributed by atoms with Crippen molar-refractivity contribution in [1.29, 1.82) is 0 Å². The van der Waals surface area contributed by atoms with Gasteiger partial charge in [-0.25, -0.2) is 0 Å².